The van der Waals surface area contributed by atoms with Crippen LogP contribution in [0, 0.1) is 0 Å². The normalized spacial score (nSPS) is 13.4. The van der Waals surface area contributed by atoms with Crippen molar-refractivity contribution in [2.24, 2.45) is 0 Å². The van der Waals surface area contributed by atoms with Gasteiger partial charge in [0.25, 0.3) is 0 Å². The van der Waals surface area contributed by atoms with Crippen LogP contribution in [0.15, 0.2) is 54.7 Å². The van der Waals surface area contributed by atoms with Crippen LogP contribution in [0.5, 0.6) is 0 Å². The van der Waals surface area contributed by atoms with Gasteiger partial charge in [0.2, 0.25) is 11.8 Å². The molecule has 0 atom stereocenters. The van der Waals surface area contributed by atoms with E-state index in [1.807, 2.05) is 36.5 Å². The van der Waals surface area contributed by atoms with E-state index in [2.05, 4.69) is 28.5 Å². The van der Waals surface area contributed by atoms with Gasteiger partial charge < -0.3 is 15.2 Å². The van der Waals surface area contributed by atoms with Gasteiger partial charge in [0, 0.05) is 36.7 Å². The van der Waals surface area contributed by atoms with E-state index in [0.717, 1.165) is 18.4 Å². The zero-order valence-electron chi connectivity index (χ0n) is 15.2. The minimum absolute atomic E-state index is 0.0873. The molecule has 2 N–H and O–H groups in total. The largest absolute Gasteiger partial charge is 0.361 e. The molecule has 0 bridgehead atoms. The Morgan fingerprint density at radius 3 is 2.70 bits per heavy atom. The molecule has 5 heteroatoms. The van der Waals surface area contributed by atoms with E-state index >= 15 is 0 Å². The van der Waals surface area contributed by atoms with Gasteiger partial charge in [-0.05, 0) is 35.6 Å². The molecule has 0 saturated heterocycles. The van der Waals surface area contributed by atoms with Crippen molar-refractivity contribution < 1.29 is 9.59 Å². The van der Waals surface area contributed by atoms with Gasteiger partial charge in [-0.3, -0.25) is 9.59 Å². The van der Waals surface area contributed by atoms with E-state index in [1.54, 1.807) is 4.90 Å². The van der Waals surface area contributed by atoms with E-state index in [0.29, 0.717) is 19.6 Å². The number of carbonyl (C=O) groups is 2. The van der Waals surface area contributed by atoms with Gasteiger partial charge in [0.15, 0.2) is 0 Å². The molecule has 2 heterocycles. The fraction of sp³-hybridized carbons (Fsp3) is 0.273. The lowest BCUT2D eigenvalue weighted by molar-refractivity contribution is -0.136. The maximum absolute atomic E-state index is 12.4. The number of para-hydroxylation sites is 1. The first kappa shape index (κ1) is 17.3. The molecule has 0 aliphatic carbocycles. The van der Waals surface area contributed by atoms with Gasteiger partial charge in [-0.2, -0.15) is 0 Å². The van der Waals surface area contributed by atoms with Crippen molar-refractivity contribution >= 4 is 22.7 Å². The van der Waals surface area contributed by atoms with Crippen molar-refractivity contribution in [3.05, 3.63) is 71.4 Å². The minimum Gasteiger partial charge on any atom is -0.361 e. The monoisotopic (exact) mass is 361 g/mol. The molecule has 1 aliphatic rings. The quantitative estimate of drug-likeness (QED) is 0.687. The van der Waals surface area contributed by atoms with Crippen LogP contribution in [0.25, 0.3) is 10.9 Å². The molecule has 0 unspecified atom stereocenters. The summed E-state index contributed by atoms with van der Waals surface area (Å²) >= 11 is 0. The summed E-state index contributed by atoms with van der Waals surface area (Å²) in [7, 11) is 0. The molecule has 1 aromatic heterocycles. The number of nitrogens with zero attached hydrogens (tertiary/aromatic N) is 1. The number of hydrogen-bond acceptors (Lipinski definition) is 2. The molecule has 5 nitrogen and oxygen atoms in total. The highest BCUT2D eigenvalue weighted by Gasteiger charge is 2.22. The highest BCUT2D eigenvalue weighted by Crippen LogP contribution is 2.19. The topological polar surface area (TPSA) is 65.2 Å². The van der Waals surface area contributed by atoms with E-state index in [-0.39, 0.29) is 18.2 Å². The lowest BCUT2D eigenvalue weighted by atomic mass is 10.00. The summed E-state index contributed by atoms with van der Waals surface area (Å²) in [5.41, 5.74) is 4.74. The van der Waals surface area contributed by atoms with E-state index in [4.69, 9.17) is 0 Å². The Balaban J connectivity index is 1.26. The zero-order chi connectivity index (χ0) is 18.6. The predicted octanol–water partition coefficient (Wildman–Crippen LogP) is 2.80. The number of carbonyl (C=O) groups excluding carboxylic acids is 2. The van der Waals surface area contributed by atoms with Crippen molar-refractivity contribution in [1.82, 2.24) is 15.2 Å². The molecule has 1 aliphatic heterocycles. The third-order valence-corrected chi connectivity index (χ3v) is 5.19. The number of nitrogens with one attached hydrogen (secondary N) is 2. The molecule has 27 heavy (non-hydrogen) atoms. The first-order chi connectivity index (χ1) is 13.2. The van der Waals surface area contributed by atoms with E-state index in [9.17, 15) is 9.59 Å². The Hall–Kier alpha value is -3.08. The fourth-order valence-corrected chi connectivity index (χ4v) is 3.70. The third-order valence-electron chi connectivity index (χ3n) is 5.19. The maximum atomic E-state index is 12.4. The number of hydrogen-bond donors (Lipinski definition) is 2. The second-order valence-electron chi connectivity index (χ2n) is 6.97. The lowest BCUT2D eigenvalue weighted by Crippen LogP contribution is -2.39. The molecule has 0 saturated carbocycles. The van der Waals surface area contributed by atoms with Crippen LogP contribution in [-0.4, -0.2) is 34.8 Å². The summed E-state index contributed by atoms with van der Waals surface area (Å²) in [4.78, 5) is 29.6. The van der Waals surface area contributed by atoms with Crippen LogP contribution < -0.4 is 5.32 Å². The van der Waals surface area contributed by atoms with Crippen LogP contribution in [0.4, 0.5) is 0 Å². The minimum atomic E-state index is -0.210. The standard InChI is InChI=1S/C22H23N3O2/c26-21(23-11-9-17-14-24-20-8-4-3-7-19(17)20)13-22(27)25-12-10-16-5-1-2-6-18(16)15-25/h1-8,14,24H,9-13,15H2,(H,23,26). The number of fused-ring (bicyclic) bond motifs is 2. The van der Waals surface area contributed by atoms with Crippen molar-refractivity contribution in [2.45, 2.75) is 25.8 Å². The van der Waals surface area contributed by atoms with Crippen molar-refractivity contribution in [2.75, 3.05) is 13.1 Å². The average Bonchev–Trinajstić information content (AvgIpc) is 3.11. The molecule has 3 aromatic rings. The fourth-order valence-electron chi connectivity index (χ4n) is 3.70. The molecule has 2 amide bonds. The number of rotatable bonds is 5. The molecule has 138 valence electrons. The summed E-state index contributed by atoms with van der Waals surface area (Å²) in [5, 5.41) is 4.05. The highest BCUT2D eigenvalue weighted by molar-refractivity contribution is 5.97. The van der Waals surface area contributed by atoms with E-state index < -0.39 is 0 Å². The SMILES string of the molecule is O=C(CC(=O)N1CCc2ccccc2C1)NCCc1c[nH]c2ccccc12. The number of amides is 2. The summed E-state index contributed by atoms with van der Waals surface area (Å²) < 4.78 is 0. The van der Waals surface area contributed by atoms with Gasteiger partial charge in [-0.1, -0.05) is 42.5 Å². The zero-order valence-corrected chi connectivity index (χ0v) is 15.2. The van der Waals surface area contributed by atoms with Crippen LogP contribution in [0.2, 0.25) is 0 Å². The first-order valence-corrected chi connectivity index (χ1v) is 9.37. The average molecular weight is 361 g/mol. The summed E-state index contributed by atoms with van der Waals surface area (Å²) in [6.07, 6.45) is 3.48. The molecular weight excluding hydrogens is 338 g/mol. The Morgan fingerprint density at radius 1 is 1.04 bits per heavy atom. The Kier molecular flexibility index (Phi) is 4.92. The lowest BCUT2D eigenvalue weighted by Gasteiger charge is -2.28. The Bertz CT molecular complexity index is 976. The number of aromatic nitrogens is 1. The molecule has 0 radical (unpaired) electrons. The molecule has 0 fully saturated rings. The van der Waals surface area contributed by atoms with Gasteiger partial charge in [0.1, 0.15) is 6.42 Å². The number of aromatic amines is 1. The molecule has 4 rings (SSSR count). The van der Waals surface area contributed by atoms with Crippen molar-refractivity contribution in [1.29, 1.82) is 0 Å². The van der Waals surface area contributed by atoms with Crippen LogP contribution in [0.3, 0.4) is 0 Å². The summed E-state index contributed by atoms with van der Waals surface area (Å²) in [6.45, 7) is 1.80. The smallest absolute Gasteiger partial charge is 0.232 e. The van der Waals surface area contributed by atoms with Crippen LogP contribution >= 0.6 is 0 Å². The third kappa shape index (κ3) is 3.87. The molecular formula is C22H23N3O2. The van der Waals surface area contributed by atoms with Crippen molar-refractivity contribution in [3.63, 3.8) is 0 Å². The van der Waals surface area contributed by atoms with Crippen molar-refractivity contribution in [3.8, 4) is 0 Å². The van der Waals surface area contributed by atoms with Gasteiger partial charge >= 0.3 is 0 Å². The second kappa shape index (κ2) is 7.66. The van der Waals surface area contributed by atoms with Gasteiger partial charge in [-0.15, -0.1) is 0 Å². The number of benzene rings is 2. The first-order valence-electron chi connectivity index (χ1n) is 9.37. The molecule has 0 spiro atoms. The Labute approximate surface area is 158 Å². The van der Waals surface area contributed by atoms with Gasteiger partial charge in [0.05, 0.1) is 0 Å². The number of H-pyrrole nitrogens is 1. The highest BCUT2D eigenvalue weighted by atomic mass is 16.2. The van der Waals surface area contributed by atoms with Crippen LogP contribution in [-0.2, 0) is 29.0 Å². The van der Waals surface area contributed by atoms with Crippen LogP contribution in [0.1, 0.15) is 23.1 Å². The Morgan fingerprint density at radius 2 is 1.81 bits per heavy atom. The molecule has 2 aromatic carbocycles. The maximum Gasteiger partial charge on any atom is 0.232 e. The summed E-state index contributed by atoms with van der Waals surface area (Å²) in [5.74, 6) is -0.312. The second-order valence-corrected chi connectivity index (χ2v) is 6.97. The van der Waals surface area contributed by atoms with E-state index in [1.165, 1.54) is 22.1 Å². The summed E-state index contributed by atoms with van der Waals surface area (Å²) in [6, 6.07) is 16.3. The van der Waals surface area contributed by atoms with Gasteiger partial charge in [-0.25, -0.2) is 0 Å². The predicted molar refractivity (Wildman–Crippen MR) is 105 cm³/mol.